The third kappa shape index (κ3) is 5.45. The van der Waals surface area contributed by atoms with E-state index in [9.17, 15) is 9.59 Å². The molecule has 0 spiro atoms. The minimum absolute atomic E-state index is 0.0260. The molecule has 1 aliphatic carbocycles. The maximum absolute atomic E-state index is 12.5. The molecule has 5 heteroatoms. The van der Waals surface area contributed by atoms with Gasteiger partial charge in [0.05, 0.1) is 12.9 Å². The summed E-state index contributed by atoms with van der Waals surface area (Å²) in [4.78, 5) is 24.2. The Morgan fingerprint density at radius 3 is 2.15 bits per heavy atom. The van der Waals surface area contributed by atoms with Crippen LogP contribution in [0.1, 0.15) is 60.8 Å². The van der Waals surface area contributed by atoms with Crippen LogP contribution >= 0.6 is 0 Å². The van der Waals surface area contributed by atoms with Gasteiger partial charge in [-0.1, -0.05) is 48.0 Å². The second kappa shape index (κ2) is 8.28. The van der Waals surface area contributed by atoms with Crippen molar-refractivity contribution >= 4 is 20.6 Å². The van der Waals surface area contributed by atoms with Crippen molar-refractivity contribution in [2.75, 3.05) is 7.11 Å². The Labute approximate surface area is 160 Å². The SMILES string of the molecule is COC(=O)[C@H]1CCC[C@@H](C=O)[C@@H](C(C)(C)C)/C=C\1O[Si](C)(C)C(C)(C)C. The van der Waals surface area contributed by atoms with Crippen LogP contribution in [0.5, 0.6) is 0 Å². The fraction of sp³-hybridized carbons (Fsp3) is 0.810. The summed E-state index contributed by atoms with van der Waals surface area (Å²) in [6.45, 7) is 17.4. The van der Waals surface area contributed by atoms with Crippen LogP contribution in [0.25, 0.3) is 0 Å². The average molecular weight is 383 g/mol. The van der Waals surface area contributed by atoms with Gasteiger partial charge in [-0.3, -0.25) is 4.79 Å². The summed E-state index contributed by atoms with van der Waals surface area (Å²) in [6, 6.07) is 0. The topological polar surface area (TPSA) is 52.6 Å². The van der Waals surface area contributed by atoms with Crippen molar-refractivity contribution in [1.29, 1.82) is 0 Å². The highest BCUT2D eigenvalue weighted by molar-refractivity contribution is 6.74. The second-order valence-corrected chi connectivity index (χ2v) is 14.9. The zero-order valence-corrected chi connectivity index (χ0v) is 19.1. The molecule has 0 unspecified atom stereocenters. The smallest absolute Gasteiger partial charge is 0.316 e. The van der Waals surface area contributed by atoms with Gasteiger partial charge in [0.2, 0.25) is 8.32 Å². The summed E-state index contributed by atoms with van der Waals surface area (Å²) in [5.41, 5.74) is -0.0916. The highest BCUT2D eigenvalue weighted by atomic mass is 28.4. The third-order valence-corrected chi connectivity index (χ3v) is 10.4. The molecule has 1 aliphatic rings. The number of esters is 1. The quantitative estimate of drug-likeness (QED) is 0.374. The molecule has 26 heavy (non-hydrogen) atoms. The van der Waals surface area contributed by atoms with E-state index in [1.165, 1.54) is 7.11 Å². The molecule has 0 aliphatic heterocycles. The van der Waals surface area contributed by atoms with E-state index in [0.717, 1.165) is 24.9 Å². The molecular weight excluding hydrogens is 344 g/mol. The maximum atomic E-state index is 12.5. The van der Waals surface area contributed by atoms with E-state index in [1.807, 2.05) is 0 Å². The van der Waals surface area contributed by atoms with Crippen molar-refractivity contribution in [1.82, 2.24) is 0 Å². The Morgan fingerprint density at radius 2 is 1.73 bits per heavy atom. The van der Waals surface area contributed by atoms with Crippen molar-refractivity contribution in [2.24, 2.45) is 23.2 Å². The highest BCUT2D eigenvalue weighted by Gasteiger charge is 2.43. The molecule has 0 heterocycles. The van der Waals surface area contributed by atoms with Gasteiger partial charge in [-0.25, -0.2) is 0 Å². The van der Waals surface area contributed by atoms with E-state index in [-0.39, 0.29) is 34.2 Å². The number of methoxy groups -OCH3 is 1. The molecule has 0 aromatic heterocycles. The van der Waals surface area contributed by atoms with Crippen LogP contribution in [0.4, 0.5) is 0 Å². The van der Waals surface area contributed by atoms with Gasteiger partial charge < -0.3 is 14.0 Å². The fourth-order valence-electron chi connectivity index (χ4n) is 3.27. The number of hydrogen-bond donors (Lipinski definition) is 0. The number of carbonyl (C=O) groups excluding carboxylic acids is 2. The van der Waals surface area contributed by atoms with E-state index in [4.69, 9.17) is 9.16 Å². The van der Waals surface area contributed by atoms with Gasteiger partial charge >= 0.3 is 5.97 Å². The first-order valence-corrected chi connectivity index (χ1v) is 12.6. The Kier molecular flexibility index (Phi) is 7.31. The van der Waals surface area contributed by atoms with E-state index >= 15 is 0 Å². The second-order valence-electron chi connectivity index (χ2n) is 10.1. The monoisotopic (exact) mass is 382 g/mol. The molecule has 0 fully saturated rings. The molecule has 150 valence electrons. The van der Waals surface area contributed by atoms with Crippen LogP contribution in [0.3, 0.4) is 0 Å². The molecule has 0 bridgehead atoms. The summed E-state index contributed by atoms with van der Waals surface area (Å²) in [7, 11) is -0.686. The first-order chi connectivity index (χ1) is 11.7. The minimum atomic E-state index is -2.12. The molecule has 0 radical (unpaired) electrons. The maximum Gasteiger partial charge on any atom is 0.316 e. The molecule has 0 aromatic rings. The zero-order chi connectivity index (χ0) is 20.3. The van der Waals surface area contributed by atoms with Crippen molar-refractivity contribution in [2.45, 2.75) is 78.9 Å². The molecule has 0 amide bonds. The standard InChI is InChI=1S/C21H38O4Si/c1-20(2,3)17-13-18(25-26(8,9)21(4,5)6)16(19(23)24-7)12-10-11-15(17)14-22/h13-17H,10-12H2,1-9H3/b18-13+/t15-,16-,17-/m0/s1. The fourth-order valence-corrected chi connectivity index (χ4v) is 4.38. The molecule has 0 saturated heterocycles. The van der Waals surface area contributed by atoms with Gasteiger partial charge in [0.1, 0.15) is 12.2 Å². The lowest BCUT2D eigenvalue weighted by molar-refractivity contribution is -0.145. The summed E-state index contributed by atoms with van der Waals surface area (Å²) < 4.78 is 11.7. The van der Waals surface area contributed by atoms with Crippen molar-refractivity contribution in [3.8, 4) is 0 Å². The molecule has 0 aromatic carbocycles. The predicted octanol–water partition coefficient (Wildman–Crippen LogP) is 5.34. The van der Waals surface area contributed by atoms with Gasteiger partial charge in [-0.2, -0.15) is 0 Å². The van der Waals surface area contributed by atoms with Gasteiger partial charge in [-0.15, -0.1) is 0 Å². The Balaban J connectivity index is 3.46. The minimum Gasteiger partial charge on any atom is -0.546 e. The van der Waals surface area contributed by atoms with Gasteiger partial charge in [0.25, 0.3) is 0 Å². The largest absolute Gasteiger partial charge is 0.546 e. The Bertz CT molecular complexity index is 537. The zero-order valence-electron chi connectivity index (χ0n) is 18.1. The van der Waals surface area contributed by atoms with Crippen molar-refractivity contribution in [3.63, 3.8) is 0 Å². The Morgan fingerprint density at radius 1 is 1.15 bits per heavy atom. The Hall–Kier alpha value is -1.10. The summed E-state index contributed by atoms with van der Waals surface area (Å²) >= 11 is 0. The summed E-state index contributed by atoms with van der Waals surface area (Å²) in [6.07, 6.45) is 5.42. The molecular formula is C21H38O4Si. The summed E-state index contributed by atoms with van der Waals surface area (Å²) in [5, 5.41) is 0.0260. The van der Waals surface area contributed by atoms with Crippen LogP contribution in [0.15, 0.2) is 11.8 Å². The van der Waals surface area contributed by atoms with E-state index < -0.39 is 8.32 Å². The molecule has 3 atom stereocenters. The number of allylic oxidation sites excluding steroid dienone is 1. The lowest BCUT2D eigenvalue weighted by Crippen LogP contribution is -2.43. The van der Waals surface area contributed by atoms with Gasteiger partial charge in [-0.05, 0) is 48.4 Å². The number of carbonyl (C=O) groups is 2. The van der Waals surface area contributed by atoms with Crippen LogP contribution in [-0.4, -0.2) is 27.7 Å². The van der Waals surface area contributed by atoms with Crippen LogP contribution < -0.4 is 0 Å². The molecule has 1 rings (SSSR count). The van der Waals surface area contributed by atoms with E-state index in [1.54, 1.807) is 0 Å². The lowest BCUT2D eigenvalue weighted by atomic mass is 9.70. The number of hydrogen-bond acceptors (Lipinski definition) is 4. The van der Waals surface area contributed by atoms with Crippen LogP contribution in [0.2, 0.25) is 18.1 Å². The lowest BCUT2D eigenvalue weighted by Gasteiger charge is -2.41. The van der Waals surface area contributed by atoms with E-state index in [0.29, 0.717) is 6.42 Å². The van der Waals surface area contributed by atoms with Crippen molar-refractivity contribution < 1.29 is 18.8 Å². The molecule has 4 nitrogen and oxygen atoms in total. The van der Waals surface area contributed by atoms with E-state index in [2.05, 4.69) is 60.7 Å². The third-order valence-electron chi connectivity index (χ3n) is 6.02. The normalized spacial score (nSPS) is 27.6. The number of ether oxygens (including phenoxy) is 1. The number of aldehydes is 1. The van der Waals surface area contributed by atoms with Crippen molar-refractivity contribution in [3.05, 3.63) is 11.8 Å². The van der Waals surface area contributed by atoms with Crippen LogP contribution in [-0.2, 0) is 18.8 Å². The van der Waals surface area contributed by atoms with Crippen LogP contribution in [0, 0.1) is 23.2 Å². The molecule has 0 N–H and O–H groups in total. The average Bonchev–Trinajstić information content (AvgIpc) is 2.47. The highest BCUT2D eigenvalue weighted by Crippen LogP contribution is 2.43. The van der Waals surface area contributed by atoms with Gasteiger partial charge in [0, 0.05) is 5.92 Å². The first-order valence-electron chi connectivity index (χ1n) is 9.68. The predicted molar refractivity (Wildman–Crippen MR) is 108 cm³/mol. The summed E-state index contributed by atoms with van der Waals surface area (Å²) in [5.74, 6) is 0.0764. The van der Waals surface area contributed by atoms with Gasteiger partial charge in [0.15, 0.2) is 0 Å². The molecule has 0 saturated carbocycles. The first kappa shape index (κ1) is 22.9. The number of rotatable bonds is 4.